The summed E-state index contributed by atoms with van der Waals surface area (Å²) in [5, 5.41) is 9.00. The predicted molar refractivity (Wildman–Crippen MR) is 120 cm³/mol. The van der Waals surface area contributed by atoms with Gasteiger partial charge in [0.25, 0.3) is 0 Å². The van der Waals surface area contributed by atoms with Crippen LogP contribution in [0.3, 0.4) is 0 Å². The Bertz CT molecular complexity index is 585. The Balaban J connectivity index is 1.83. The summed E-state index contributed by atoms with van der Waals surface area (Å²) in [5.74, 6) is 1.68. The fourth-order valence-electron chi connectivity index (χ4n) is 4.51. The van der Waals surface area contributed by atoms with Crippen LogP contribution >= 0.6 is 0 Å². The number of carbonyl (C=O) groups excluding carboxylic acids is 2. The van der Waals surface area contributed by atoms with Crippen molar-refractivity contribution < 1.29 is 14.3 Å². The van der Waals surface area contributed by atoms with Gasteiger partial charge in [-0.2, -0.15) is 0 Å². The Kier molecular flexibility index (Phi) is 10.1. The maximum atomic E-state index is 12.5. The monoisotopic (exact) mass is 422 g/mol. The summed E-state index contributed by atoms with van der Waals surface area (Å²) in [6.45, 7) is 16.2. The zero-order valence-corrected chi connectivity index (χ0v) is 19.5. The predicted octanol–water partition coefficient (Wildman–Crippen LogP) is 2.39. The molecule has 3 amide bonds. The molecule has 0 spiro atoms. The van der Waals surface area contributed by atoms with Crippen molar-refractivity contribution in [1.29, 1.82) is 0 Å². The van der Waals surface area contributed by atoms with E-state index in [2.05, 4.69) is 47.7 Å². The van der Waals surface area contributed by atoms with Crippen molar-refractivity contribution in [3.8, 4) is 0 Å². The summed E-state index contributed by atoms with van der Waals surface area (Å²) in [6, 6.07) is 0.0148. The van der Waals surface area contributed by atoms with Gasteiger partial charge in [-0.15, -0.1) is 0 Å². The van der Waals surface area contributed by atoms with E-state index in [-0.39, 0.29) is 23.9 Å². The van der Waals surface area contributed by atoms with Gasteiger partial charge in [0, 0.05) is 45.2 Å². The number of hydrogen-bond donors (Lipinski definition) is 3. The van der Waals surface area contributed by atoms with Crippen molar-refractivity contribution in [3.05, 3.63) is 11.6 Å². The minimum Gasteiger partial charge on any atom is -0.379 e. The molecule has 0 aromatic rings. The average Bonchev–Trinajstić information content (AvgIpc) is 2.68. The van der Waals surface area contributed by atoms with E-state index in [9.17, 15) is 9.59 Å². The molecule has 1 heterocycles. The second kappa shape index (κ2) is 12.3. The molecule has 1 fully saturated rings. The summed E-state index contributed by atoms with van der Waals surface area (Å²) >= 11 is 0. The molecule has 1 aliphatic carbocycles. The number of hydrogen-bond acceptors (Lipinski definition) is 4. The Hall–Kier alpha value is -1.60. The van der Waals surface area contributed by atoms with Crippen molar-refractivity contribution in [2.45, 2.75) is 53.5 Å². The highest BCUT2D eigenvalue weighted by Crippen LogP contribution is 2.38. The zero-order chi connectivity index (χ0) is 22.1. The van der Waals surface area contributed by atoms with E-state index in [1.165, 1.54) is 5.57 Å². The molecule has 7 heteroatoms. The molecule has 0 bridgehead atoms. The smallest absolute Gasteiger partial charge is 0.315 e. The normalized spacial score (nSPS) is 25.2. The van der Waals surface area contributed by atoms with Crippen LogP contribution in [-0.4, -0.2) is 68.8 Å². The molecule has 3 N–H and O–H groups in total. The fourth-order valence-corrected chi connectivity index (χ4v) is 4.51. The SMILES string of the molecule is CC1=C[C@@H](CNC(=O)NC(C)C)[C@H](C(C)C)C[C@H]1CC(=O)NCCN1CCOCC1. The third kappa shape index (κ3) is 8.26. The van der Waals surface area contributed by atoms with Gasteiger partial charge in [-0.05, 0) is 50.9 Å². The van der Waals surface area contributed by atoms with Gasteiger partial charge in [-0.25, -0.2) is 4.79 Å². The van der Waals surface area contributed by atoms with Gasteiger partial charge in [0.15, 0.2) is 0 Å². The van der Waals surface area contributed by atoms with Gasteiger partial charge in [0.1, 0.15) is 0 Å². The number of urea groups is 1. The molecule has 172 valence electrons. The van der Waals surface area contributed by atoms with E-state index in [0.717, 1.165) is 39.3 Å². The third-order valence-electron chi connectivity index (χ3n) is 6.29. The summed E-state index contributed by atoms with van der Waals surface area (Å²) in [6.07, 6.45) is 3.83. The molecule has 0 unspecified atom stereocenters. The molecule has 1 saturated heterocycles. The molecule has 0 aromatic carbocycles. The van der Waals surface area contributed by atoms with Gasteiger partial charge in [0.05, 0.1) is 13.2 Å². The van der Waals surface area contributed by atoms with Crippen molar-refractivity contribution in [2.75, 3.05) is 45.9 Å². The van der Waals surface area contributed by atoms with Crippen LogP contribution in [0.25, 0.3) is 0 Å². The zero-order valence-electron chi connectivity index (χ0n) is 19.5. The molecule has 7 nitrogen and oxygen atoms in total. The number of morpholine rings is 1. The summed E-state index contributed by atoms with van der Waals surface area (Å²) in [4.78, 5) is 26.8. The number of rotatable bonds is 9. The minimum absolute atomic E-state index is 0.111. The third-order valence-corrected chi connectivity index (χ3v) is 6.29. The van der Waals surface area contributed by atoms with E-state index in [1.807, 2.05) is 13.8 Å². The van der Waals surface area contributed by atoms with Crippen LogP contribution in [-0.2, 0) is 9.53 Å². The Morgan fingerprint density at radius 2 is 1.87 bits per heavy atom. The number of nitrogens with one attached hydrogen (secondary N) is 3. The summed E-state index contributed by atoms with van der Waals surface area (Å²) in [5.41, 5.74) is 1.27. The molecule has 2 rings (SSSR count). The largest absolute Gasteiger partial charge is 0.379 e. The molecule has 0 saturated carbocycles. The lowest BCUT2D eigenvalue weighted by molar-refractivity contribution is -0.122. The second-order valence-electron chi connectivity index (χ2n) is 9.43. The highest BCUT2D eigenvalue weighted by Gasteiger charge is 2.32. The lowest BCUT2D eigenvalue weighted by Crippen LogP contribution is -2.44. The molecule has 0 aromatic heterocycles. The van der Waals surface area contributed by atoms with Crippen LogP contribution in [0.15, 0.2) is 11.6 Å². The number of carbonyl (C=O) groups is 2. The van der Waals surface area contributed by atoms with E-state index in [1.54, 1.807) is 0 Å². The van der Waals surface area contributed by atoms with E-state index >= 15 is 0 Å². The highest BCUT2D eigenvalue weighted by molar-refractivity contribution is 5.76. The van der Waals surface area contributed by atoms with Gasteiger partial charge >= 0.3 is 6.03 Å². The van der Waals surface area contributed by atoms with Gasteiger partial charge in [-0.1, -0.05) is 25.5 Å². The van der Waals surface area contributed by atoms with E-state index in [0.29, 0.717) is 37.3 Å². The summed E-state index contributed by atoms with van der Waals surface area (Å²) < 4.78 is 5.36. The second-order valence-corrected chi connectivity index (χ2v) is 9.43. The van der Waals surface area contributed by atoms with Gasteiger partial charge in [-0.3, -0.25) is 9.69 Å². The van der Waals surface area contributed by atoms with Gasteiger partial charge in [0.2, 0.25) is 5.91 Å². The lowest BCUT2D eigenvalue weighted by atomic mass is 9.70. The maximum absolute atomic E-state index is 12.5. The Morgan fingerprint density at radius 3 is 2.50 bits per heavy atom. The van der Waals surface area contributed by atoms with Crippen LogP contribution < -0.4 is 16.0 Å². The molecular weight excluding hydrogens is 380 g/mol. The first-order valence-corrected chi connectivity index (χ1v) is 11.6. The van der Waals surface area contributed by atoms with E-state index in [4.69, 9.17) is 4.74 Å². The first kappa shape index (κ1) is 24.7. The molecule has 3 atom stereocenters. The average molecular weight is 423 g/mol. The quantitative estimate of drug-likeness (QED) is 0.498. The van der Waals surface area contributed by atoms with Crippen molar-refractivity contribution in [2.24, 2.45) is 23.7 Å². The minimum atomic E-state index is -0.111. The number of ether oxygens (including phenoxy) is 1. The van der Waals surface area contributed by atoms with Crippen molar-refractivity contribution >= 4 is 11.9 Å². The molecular formula is C23H42N4O3. The first-order chi connectivity index (χ1) is 14.3. The van der Waals surface area contributed by atoms with Crippen molar-refractivity contribution in [3.63, 3.8) is 0 Å². The first-order valence-electron chi connectivity index (χ1n) is 11.6. The Morgan fingerprint density at radius 1 is 1.17 bits per heavy atom. The summed E-state index contributed by atoms with van der Waals surface area (Å²) in [7, 11) is 0. The number of amides is 3. The van der Waals surface area contributed by atoms with Crippen molar-refractivity contribution in [1.82, 2.24) is 20.9 Å². The van der Waals surface area contributed by atoms with E-state index < -0.39 is 0 Å². The Labute approximate surface area is 182 Å². The molecule has 30 heavy (non-hydrogen) atoms. The van der Waals surface area contributed by atoms with Gasteiger partial charge < -0.3 is 20.7 Å². The maximum Gasteiger partial charge on any atom is 0.315 e. The lowest BCUT2D eigenvalue weighted by Gasteiger charge is -2.37. The number of nitrogens with zero attached hydrogens (tertiary/aromatic N) is 1. The molecule has 2 aliphatic rings. The van der Waals surface area contributed by atoms with Crippen LogP contribution in [0.4, 0.5) is 4.79 Å². The standard InChI is InChI=1S/C23H42N4O3/c1-16(2)21-13-19(14-22(28)24-6-7-27-8-10-30-11-9-27)18(5)12-20(21)15-25-23(29)26-17(3)4/h12,16-17,19-21H,6-11,13-15H2,1-5H3,(H,24,28)(H2,25,26,29)/t19-,20-,21-/m0/s1. The highest BCUT2D eigenvalue weighted by atomic mass is 16.5. The molecule has 0 radical (unpaired) electrons. The molecule has 1 aliphatic heterocycles. The number of allylic oxidation sites excluding steroid dienone is 1. The van der Waals surface area contributed by atoms with Crippen LogP contribution in [0, 0.1) is 23.7 Å². The van der Waals surface area contributed by atoms with Crippen LogP contribution in [0.2, 0.25) is 0 Å². The fraction of sp³-hybridized carbons (Fsp3) is 0.826. The topological polar surface area (TPSA) is 82.7 Å². The van der Waals surface area contributed by atoms with Crippen LogP contribution in [0.1, 0.15) is 47.5 Å². The van der Waals surface area contributed by atoms with Crippen LogP contribution in [0.5, 0.6) is 0 Å².